The largest absolute Gasteiger partial charge is 0.468 e. The maximum absolute atomic E-state index is 11.4. The first-order valence-electron chi connectivity index (χ1n) is 6.21. The number of piperidine rings is 1. The van der Waals surface area contributed by atoms with Crippen molar-refractivity contribution in [2.75, 3.05) is 33.3 Å². The van der Waals surface area contributed by atoms with Gasteiger partial charge in [-0.15, -0.1) is 0 Å². The molecule has 1 heterocycles. The van der Waals surface area contributed by atoms with E-state index in [-0.39, 0.29) is 12.0 Å². The average molecular weight is 228 g/mol. The Labute approximate surface area is 98.3 Å². The Morgan fingerprint density at radius 1 is 1.50 bits per heavy atom. The number of carbonyl (C=O) groups is 1. The Hall–Kier alpha value is -0.610. The zero-order chi connectivity index (χ0) is 12.0. The highest BCUT2D eigenvalue weighted by molar-refractivity contribution is 5.75. The maximum atomic E-state index is 11.4. The molecule has 1 aliphatic rings. The minimum absolute atomic E-state index is 0.0925. The molecular formula is C12H24N2O2. The fourth-order valence-electron chi connectivity index (χ4n) is 2.21. The molecule has 4 nitrogen and oxygen atoms in total. The van der Waals surface area contributed by atoms with Gasteiger partial charge in [0.1, 0.15) is 6.04 Å². The lowest BCUT2D eigenvalue weighted by Gasteiger charge is -2.34. The van der Waals surface area contributed by atoms with E-state index in [1.54, 1.807) is 0 Å². The van der Waals surface area contributed by atoms with E-state index >= 15 is 0 Å². The number of esters is 1. The summed E-state index contributed by atoms with van der Waals surface area (Å²) in [5.74, 6) is 0.645. The molecule has 1 unspecified atom stereocenters. The second kappa shape index (κ2) is 6.86. The van der Waals surface area contributed by atoms with Crippen LogP contribution in [0.1, 0.15) is 26.7 Å². The van der Waals surface area contributed by atoms with E-state index in [2.05, 4.69) is 17.1 Å². The van der Waals surface area contributed by atoms with Crippen molar-refractivity contribution in [2.45, 2.75) is 32.7 Å². The van der Waals surface area contributed by atoms with Crippen LogP contribution in [-0.2, 0) is 9.53 Å². The van der Waals surface area contributed by atoms with E-state index in [4.69, 9.17) is 4.74 Å². The number of nitrogens with zero attached hydrogens (tertiary/aromatic N) is 1. The molecular weight excluding hydrogens is 204 g/mol. The van der Waals surface area contributed by atoms with Gasteiger partial charge in [-0.1, -0.05) is 6.92 Å². The van der Waals surface area contributed by atoms with E-state index in [1.165, 1.54) is 20.0 Å². The van der Waals surface area contributed by atoms with Crippen molar-refractivity contribution < 1.29 is 9.53 Å². The summed E-state index contributed by atoms with van der Waals surface area (Å²) >= 11 is 0. The first-order chi connectivity index (χ1) is 7.69. The number of carbonyl (C=O) groups excluding carboxylic acids is 1. The summed E-state index contributed by atoms with van der Waals surface area (Å²) in [5, 5.41) is 3.39. The van der Waals surface area contributed by atoms with Gasteiger partial charge in [0, 0.05) is 0 Å². The summed E-state index contributed by atoms with van der Waals surface area (Å²) in [6.45, 7) is 8.22. The van der Waals surface area contributed by atoms with Gasteiger partial charge in [0.05, 0.1) is 7.11 Å². The van der Waals surface area contributed by atoms with E-state index < -0.39 is 0 Å². The van der Waals surface area contributed by atoms with Crippen LogP contribution in [-0.4, -0.2) is 50.2 Å². The molecule has 1 aliphatic heterocycles. The minimum Gasteiger partial charge on any atom is -0.468 e. The predicted octanol–water partition coefficient (Wildman–Crippen LogP) is 0.869. The summed E-state index contributed by atoms with van der Waals surface area (Å²) in [7, 11) is 1.46. The summed E-state index contributed by atoms with van der Waals surface area (Å²) < 4.78 is 4.76. The van der Waals surface area contributed by atoms with Gasteiger partial charge >= 0.3 is 5.97 Å². The van der Waals surface area contributed by atoms with E-state index in [0.29, 0.717) is 0 Å². The molecule has 4 heteroatoms. The third kappa shape index (κ3) is 3.76. The summed E-state index contributed by atoms with van der Waals surface area (Å²) in [5.41, 5.74) is 0. The van der Waals surface area contributed by atoms with Crippen LogP contribution in [0.25, 0.3) is 0 Å². The maximum Gasteiger partial charge on any atom is 0.322 e. The monoisotopic (exact) mass is 228 g/mol. The Kier molecular flexibility index (Phi) is 5.77. The van der Waals surface area contributed by atoms with Crippen molar-refractivity contribution in [2.24, 2.45) is 5.92 Å². The number of ether oxygens (including phenoxy) is 1. The third-order valence-electron chi connectivity index (χ3n) is 3.42. The number of rotatable bonds is 5. The van der Waals surface area contributed by atoms with Gasteiger partial charge in [-0.3, -0.25) is 9.69 Å². The highest BCUT2D eigenvalue weighted by Crippen LogP contribution is 2.18. The van der Waals surface area contributed by atoms with E-state index in [1.807, 2.05) is 6.92 Å². The van der Waals surface area contributed by atoms with Crippen molar-refractivity contribution in [3.63, 3.8) is 0 Å². The highest BCUT2D eigenvalue weighted by Gasteiger charge is 2.26. The molecule has 1 atom stereocenters. The molecule has 0 saturated carbocycles. The average Bonchev–Trinajstić information content (AvgIpc) is 2.35. The summed E-state index contributed by atoms with van der Waals surface area (Å²) in [4.78, 5) is 13.6. The molecule has 0 spiro atoms. The Bertz CT molecular complexity index is 213. The zero-order valence-corrected chi connectivity index (χ0v) is 10.7. The van der Waals surface area contributed by atoms with Gasteiger partial charge in [0.25, 0.3) is 0 Å². The fraction of sp³-hybridized carbons (Fsp3) is 0.917. The van der Waals surface area contributed by atoms with Crippen LogP contribution in [0.15, 0.2) is 0 Å². The summed E-state index contributed by atoms with van der Waals surface area (Å²) in [6.07, 6.45) is 2.35. The van der Waals surface area contributed by atoms with E-state index in [0.717, 1.165) is 32.1 Å². The molecule has 1 rings (SSSR count). The van der Waals surface area contributed by atoms with Crippen LogP contribution in [0.3, 0.4) is 0 Å². The first-order valence-corrected chi connectivity index (χ1v) is 6.21. The molecule has 0 aliphatic carbocycles. The Morgan fingerprint density at radius 2 is 2.12 bits per heavy atom. The van der Waals surface area contributed by atoms with Crippen molar-refractivity contribution in [1.82, 2.24) is 10.2 Å². The van der Waals surface area contributed by atoms with Crippen LogP contribution in [0.4, 0.5) is 0 Å². The van der Waals surface area contributed by atoms with Crippen LogP contribution in [0, 0.1) is 5.92 Å². The van der Waals surface area contributed by atoms with Gasteiger partial charge in [-0.05, 0) is 51.9 Å². The Balaban J connectivity index is 2.28. The molecule has 94 valence electrons. The van der Waals surface area contributed by atoms with Crippen molar-refractivity contribution in [1.29, 1.82) is 0 Å². The lowest BCUT2D eigenvalue weighted by Crippen LogP contribution is -2.45. The van der Waals surface area contributed by atoms with Crippen LogP contribution in [0.2, 0.25) is 0 Å². The van der Waals surface area contributed by atoms with Gasteiger partial charge in [-0.25, -0.2) is 0 Å². The number of hydrogen-bond acceptors (Lipinski definition) is 4. The number of methoxy groups -OCH3 is 1. The summed E-state index contributed by atoms with van der Waals surface area (Å²) in [6, 6.07) is -0.0925. The van der Waals surface area contributed by atoms with Crippen molar-refractivity contribution >= 4 is 5.97 Å². The van der Waals surface area contributed by atoms with Crippen LogP contribution in [0.5, 0.6) is 0 Å². The molecule has 0 bridgehead atoms. The fourth-order valence-corrected chi connectivity index (χ4v) is 2.21. The third-order valence-corrected chi connectivity index (χ3v) is 3.42. The second-order valence-corrected chi connectivity index (χ2v) is 4.49. The highest BCUT2D eigenvalue weighted by atomic mass is 16.5. The topological polar surface area (TPSA) is 41.6 Å². The van der Waals surface area contributed by atoms with Crippen molar-refractivity contribution in [3.05, 3.63) is 0 Å². The molecule has 16 heavy (non-hydrogen) atoms. The quantitative estimate of drug-likeness (QED) is 0.709. The predicted molar refractivity (Wildman–Crippen MR) is 64.3 cm³/mol. The molecule has 1 N–H and O–H groups in total. The molecule has 0 aromatic heterocycles. The first kappa shape index (κ1) is 13.5. The zero-order valence-electron chi connectivity index (χ0n) is 10.7. The molecule has 0 aromatic carbocycles. The lowest BCUT2D eigenvalue weighted by molar-refractivity contribution is -0.146. The number of hydrogen-bond donors (Lipinski definition) is 1. The molecule has 0 radical (unpaired) electrons. The van der Waals surface area contributed by atoms with E-state index in [9.17, 15) is 4.79 Å². The molecule has 1 fully saturated rings. The molecule has 1 saturated heterocycles. The van der Waals surface area contributed by atoms with Gasteiger partial charge in [0.2, 0.25) is 0 Å². The standard InChI is InChI=1S/C12H24N2O2/c1-4-13-9-11-5-7-14(8-6-11)10(2)12(15)16-3/h10-11,13H,4-9H2,1-3H3. The molecule has 0 amide bonds. The smallest absolute Gasteiger partial charge is 0.322 e. The van der Waals surface area contributed by atoms with Crippen molar-refractivity contribution in [3.8, 4) is 0 Å². The van der Waals surface area contributed by atoms with Gasteiger partial charge in [0.15, 0.2) is 0 Å². The SMILES string of the molecule is CCNCC1CCN(C(C)C(=O)OC)CC1. The second-order valence-electron chi connectivity index (χ2n) is 4.49. The van der Waals surface area contributed by atoms with Gasteiger partial charge in [-0.2, -0.15) is 0 Å². The van der Waals surface area contributed by atoms with Gasteiger partial charge < -0.3 is 10.1 Å². The van der Waals surface area contributed by atoms with Crippen LogP contribution < -0.4 is 5.32 Å². The normalized spacial score (nSPS) is 20.7. The Morgan fingerprint density at radius 3 is 2.62 bits per heavy atom. The lowest BCUT2D eigenvalue weighted by atomic mass is 9.96. The number of likely N-dealkylation sites (tertiary alicyclic amines) is 1. The van der Waals surface area contributed by atoms with Crippen LogP contribution >= 0.6 is 0 Å². The minimum atomic E-state index is -0.120. The molecule has 0 aromatic rings. The number of nitrogens with one attached hydrogen (secondary N) is 1.